The van der Waals surface area contributed by atoms with Gasteiger partial charge in [-0.15, -0.1) is 0 Å². The van der Waals surface area contributed by atoms with Gasteiger partial charge < -0.3 is 19.2 Å². The van der Waals surface area contributed by atoms with Crippen LogP contribution in [0.5, 0.6) is 17.2 Å². The van der Waals surface area contributed by atoms with Crippen molar-refractivity contribution in [2.75, 3.05) is 33.6 Å². The third-order valence-corrected chi connectivity index (χ3v) is 5.65. The van der Waals surface area contributed by atoms with Gasteiger partial charge in [-0.05, 0) is 37.1 Å². The molecule has 166 valence electrons. The minimum absolute atomic E-state index is 0.169. The third-order valence-electron chi connectivity index (χ3n) is 4.92. The van der Waals surface area contributed by atoms with E-state index in [1.807, 2.05) is 19.9 Å². The van der Waals surface area contributed by atoms with Crippen molar-refractivity contribution in [2.24, 2.45) is 0 Å². The standard InChI is InChI=1S/C21H25N3O6S/c1-12-13(2)17(30-9-8-22-31(5,26)27)7-6-15(12)20-23-16-10-14(28-3)11-18(29-4)19(16)21(25)24-20/h6-7,10-11,22H,8-9H2,1-5H3,(H,23,24,25). The number of sulfonamides is 1. The third kappa shape index (κ3) is 4.97. The van der Waals surface area contributed by atoms with Crippen LogP contribution in [0.4, 0.5) is 0 Å². The van der Waals surface area contributed by atoms with Gasteiger partial charge in [0.15, 0.2) is 0 Å². The summed E-state index contributed by atoms with van der Waals surface area (Å²) in [7, 11) is -0.242. The summed E-state index contributed by atoms with van der Waals surface area (Å²) in [6, 6.07) is 6.90. The Balaban J connectivity index is 1.97. The number of fused-ring (bicyclic) bond motifs is 1. The Bertz CT molecular complexity index is 1280. The zero-order valence-electron chi connectivity index (χ0n) is 18.0. The second-order valence-electron chi connectivity index (χ2n) is 7.01. The summed E-state index contributed by atoms with van der Waals surface area (Å²) < 4.78 is 41.0. The molecule has 3 aromatic rings. The molecular weight excluding hydrogens is 422 g/mol. The molecule has 2 aromatic carbocycles. The summed E-state index contributed by atoms with van der Waals surface area (Å²) in [5.41, 5.74) is 2.64. The molecule has 0 aliphatic heterocycles. The van der Waals surface area contributed by atoms with E-state index in [4.69, 9.17) is 14.2 Å². The first-order valence-corrected chi connectivity index (χ1v) is 11.4. The predicted molar refractivity (Wildman–Crippen MR) is 119 cm³/mol. The van der Waals surface area contributed by atoms with Crippen LogP contribution < -0.4 is 24.5 Å². The van der Waals surface area contributed by atoms with Crippen LogP contribution in [0.25, 0.3) is 22.3 Å². The molecule has 0 amide bonds. The Labute approximate surface area is 180 Å². The molecule has 0 radical (unpaired) electrons. The molecule has 0 saturated carbocycles. The highest BCUT2D eigenvalue weighted by Crippen LogP contribution is 2.32. The fraction of sp³-hybridized carbons (Fsp3) is 0.333. The van der Waals surface area contributed by atoms with Crippen LogP contribution in [0.3, 0.4) is 0 Å². The number of H-pyrrole nitrogens is 1. The van der Waals surface area contributed by atoms with Crippen molar-refractivity contribution in [3.05, 3.63) is 45.7 Å². The van der Waals surface area contributed by atoms with Crippen LogP contribution in [0, 0.1) is 13.8 Å². The van der Waals surface area contributed by atoms with Crippen molar-refractivity contribution < 1.29 is 22.6 Å². The van der Waals surface area contributed by atoms with Gasteiger partial charge in [0.2, 0.25) is 10.0 Å². The number of ether oxygens (including phenoxy) is 3. The fourth-order valence-electron chi connectivity index (χ4n) is 3.21. The molecule has 0 spiro atoms. The summed E-state index contributed by atoms with van der Waals surface area (Å²) in [5.74, 6) is 1.96. The molecule has 0 saturated heterocycles. The second kappa shape index (κ2) is 8.94. The lowest BCUT2D eigenvalue weighted by Gasteiger charge is -2.15. The minimum atomic E-state index is -3.26. The summed E-state index contributed by atoms with van der Waals surface area (Å²) in [5, 5.41) is 0.347. The van der Waals surface area contributed by atoms with E-state index in [0.717, 1.165) is 22.9 Å². The van der Waals surface area contributed by atoms with Gasteiger partial charge in [-0.3, -0.25) is 4.79 Å². The van der Waals surface area contributed by atoms with Gasteiger partial charge in [-0.1, -0.05) is 0 Å². The Kier molecular flexibility index (Phi) is 6.51. The highest BCUT2D eigenvalue weighted by atomic mass is 32.2. The number of hydrogen-bond acceptors (Lipinski definition) is 7. The Morgan fingerprint density at radius 1 is 1.06 bits per heavy atom. The average Bonchev–Trinajstić information content (AvgIpc) is 2.72. The molecular formula is C21H25N3O6S. The number of nitrogens with zero attached hydrogens (tertiary/aromatic N) is 1. The lowest BCUT2D eigenvalue weighted by Crippen LogP contribution is -2.27. The molecule has 0 fully saturated rings. The molecule has 1 aromatic heterocycles. The first kappa shape index (κ1) is 22.6. The van der Waals surface area contributed by atoms with Crippen LogP contribution in [0.15, 0.2) is 29.1 Å². The molecule has 3 rings (SSSR count). The first-order chi connectivity index (χ1) is 14.6. The summed E-state index contributed by atoms with van der Waals surface area (Å²) >= 11 is 0. The number of aromatic amines is 1. The zero-order chi connectivity index (χ0) is 22.8. The van der Waals surface area contributed by atoms with E-state index < -0.39 is 10.0 Å². The van der Waals surface area contributed by atoms with Gasteiger partial charge in [0.1, 0.15) is 35.1 Å². The van der Waals surface area contributed by atoms with Crippen molar-refractivity contribution >= 4 is 20.9 Å². The second-order valence-corrected chi connectivity index (χ2v) is 8.85. The van der Waals surface area contributed by atoms with E-state index in [-0.39, 0.29) is 18.7 Å². The van der Waals surface area contributed by atoms with Crippen LogP contribution in [-0.4, -0.2) is 52.0 Å². The van der Waals surface area contributed by atoms with E-state index in [9.17, 15) is 13.2 Å². The lowest BCUT2D eigenvalue weighted by molar-refractivity contribution is 0.320. The van der Waals surface area contributed by atoms with Crippen molar-refractivity contribution in [1.29, 1.82) is 0 Å². The van der Waals surface area contributed by atoms with Gasteiger partial charge in [0.05, 0.1) is 26.0 Å². The van der Waals surface area contributed by atoms with Gasteiger partial charge in [-0.25, -0.2) is 18.1 Å². The van der Waals surface area contributed by atoms with Crippen molar-refractivity contribution in [3.8, 4) is 28.6 Å². The average molecular weight is 448 g/mol. The van der Waals surface area contributed by atoms with Gasteiger partial charge >= 0.3 is 0 Å². The van der Waals surface area contributed by atoms with E-state index in [2.05, 4.69) is 14.7 Å². The Hall–Kier alpha value is -3.11. The monoisotopic (exact) mass is 447 g/mol. The Morgan fingerprint density at radius 3 is 2.45 bits per heavy atom. The van der Waals surface area contributed by atoms with E-state index in [1.54, 1.807) is 18.2 Å². The van der Waals surface area contributed by atoms with E-state index in [1.165, 1.54) is 14.2 Å². The molecule has 0 aliphatic rings. The minimum Gasteiger partial charge on any atom is -0.497 e. The van der Waals surface area contributed by atoms with Crippen molar-refractivity contribution in [2.45, 2.75) is 13.8 Å². The predicted octanol–water partition coefficient (Wildman–Crippen LogP) is 2.15. The number of aromatic nitrogens is 2. The van der Waals surface area contributed by atoms with Gasteiger partial charge in [0, 0.05) is 24.2 Å². The first-order valence-electron chi connectivity index (χ1n) is 9.48. The molecule has 1 heterocycles. The number of rotatable bonds is 8. The largest absolute Gasteiger partial charge is 0.497 e. The van der Waals surface area contributed by atoms with E-state index >= 15 is 0 Å². The normalized spacial score (nSPS) is 11.5. The quantitative estimate of drug-likeness (QED) is 0.508. The van der Waals surface area contributed by atoms with Crippen LogP contribution in [-0.2, 0) is 10.0 Å². The molecule has 0 bridgehead atoms. The molecule has 0 atom stereocenters. The van der Waals surface area contributed by atoms with Gasteiger partial charge in [-0.2, -0.15) is 0 Å². The maximum atomic E-state index is 12.8. The molecule has 9 nitrogen and oxygen atoms in total. The van der Waals surface area contributed by atoms with Gasteiger partial charge in [0.25, 0.3) is 5.56 Å². The highest BCUT2D eigenvalue weighted by Gasteiger charge is 2.16. The summed E-state index contributed by atoms with van der Waals surface area (Å²) in [6.45, 7) is 4.16. The van der Waals surface area contributed by atoms with Crippen LogP contribution in [0.1, 0.15) is 11.1 Å². The molecule has 0 aliphatic carbocycles. The maximum absolute atomic E-state index is 12.8. The maximum Gasteiger partial charge on any atom is 0.262 e. The summed E-state index contributed by atoms with van der Waals surface area (Å²) in [6.07, 6.45) is 1.10. The smallest absolute Gasteiger partial charge is 0.262 e. The zero-order valence-corrected chi connectivity index (χ0v) is 18.8. The Morgan fingerprint density at radius 2 is 1.81 bits per heavy atom. The lowest BCUT2D eigenvalue weighted by atomic mass is 10.0. The van der Waals surface area contributed by atoms with E-state index in [0.29, 0.717) is 34.0 Å². The van der Waals surface area contributed by atoms with Crippen LogP contribution >= 0.6 is 0 Å². The fourth-order valence-corrected chi connectivity index (χ4v) is 3.67. The van der Waals surface area contributed by atoms with Crippen molar-refractivity contribution in [1.82, 2.24) is 14.7 Å². The number of hydrogen-bond donors (Lipinski definition) is 2. The molecule has 2 N–H and O–H groups in total. The number of benzene rings is 2. The molecule has 10 heteroatoms. The SMILES string of the molecule is COc1cc(OC)c2c(=O)[nH]c(-c3ccc(OCCNS(C)(=O)=O)c(C)c3C)nc2c1. The number of methoxy groups -OCH3 is 2. The molecule has 31 heavy (non-hydrogen) atoms. The van der Waals surface area contributed by atoms with Crippen molar-refractivity contribution in [3.63, 3.8) is 0 Å². The molecule has 0 unspecified atom stereocenters. The van der Waals surface area contributed by atoms with Crippen LogP contribution in [0.2, 0.25) is 0 Å². The summed E-state index contributed by atoms with van der Waals surface area (Å²) in [4.78, 5) is 20.2. The topological polar surface area (TPSA) is 120 Å². The number of nitrogens with one attached hydrogen (secondary N) is 2. The highest BCUT2D eigenvalue weighted by molar-refractivity contribution is 7.88.